The van der Waals surface area contributed by atoms with Gasteiger partial charge in [-0.3, -0.25) is 14.3 Å². The van der Waals surface area contributed by atoms with Gasteiger partial charge in [0.1, 0.15) is 34.5 Å². The van der Waals surface area contributed by atoms with Crippen LogP contribution in [0.15, 0.2) is 36.4 Å². The summed E-state index contributed by atoms with van der Waals surface area (Å²) in [5.41, 5.74) is -1.71. The summed E-state index contributed by atoms with van der Waals surface area (Å²) in [5.74, 6) is -4.46. The number of fused-ring (bicyclic) bond motifs is 3. The van der Waals surface area contributed by atoms with Gasteiger partial charge in [0, 0.05) is 35.9 Å². The lowest BCUT2D eigenvalue weighted by atomic mass is 9.82. The highest BCUT2D eigenvalue weighted by Crippen LogP contribution is 2.44. The Morgan fingerprint density at radius 2 is 1.95 bits per heavy atom. The Labute approximate surface area is 213 Å². The summed E-state index contributed by atoms with van der Waals surface area (Å²) in [6, 6.07) is 6.63. The molecule has 14 heteroatoms. The standard InChI is InChI=1S/C24H20F4N4O5S/c1-38(35,36)10-17(33)29-20-19(12-2-4-13(5-3-12)22(27)28)31-32-11-24(30-23(34)21(20)32)6-7-37-16-9-14(25)8-15(26)18(16)24/h2-5,8-9,22H,6-7,10-11H2,1H3,(H,29,33)(H,30,34)/t24-/m0/s1. The van der Waals surface area contributed by atoms with Crippen molar-refractivity contribution in [2.75, 3.05) is 23.9 Å². The highest BCUT2D eigenvalue weighted by Gasteiger charge is 2.47. The van der Waals surface area contributed by atoms with E-state index in [-0.39, 0.29) is 59.1 Å². The van der Waals surface area contributed by atoms with Gasteiger partial charge in [0.15, 0.2) is 15.5 Å². The molecule has 2 aliphatic heterocycles. The number of benzene rings is 2. The third-order valence-electron chi connectivity index (χ3n) is 6.32. The van der Waals surface area contributed by atoms with Gasteiger partial charge < -0.3 is 15.4 Å². The topological polar surface area (TPSA) is 119 Å². The van der Waals surface area contributed by atoms with E-state index >= 15 is 0 Å². The Bertz CT molecular complexity index is 1570. The van der Waals surface area contributed by atoms with Crippen LogP contribution in [0.25, 0.3) is 11.3 Å². The first kappa shape index (κ1) is 25.7. The van der Waals surface area contributed by atoms with Crippen LogP contribution >= 0.6 is 0 Å². The first-order chi connectivity index (χ1) is 17.9. The molecule has 0 fully saturated rings. The molecule has 2 N–H and O–H groups in total. The highest BCUT2D eigenvalue weighted by atomic mass is 32.2. The smallest absolute Gasteiger partial charge is 0.272 e. The number of amides is 2. The van der Waals surface area contributed by atoms with Crippen LogP contribution in [-0.4, -0.2) is 48.6 Å². The number of hydrogen-bond donors (Lipinski definition) is 2. The van der Waals surface area contributed by atoms with Crippen LogP contribution in [0.4, 0.5) is 23.2 Å². The van der Waals surface area contributed by atoms with Crippen molar-refractivity contribution in [2.45, 2.75) is 24.9 Å². The maximum atomic E-state index is 15.0. The van der Waals surface area contributed by atoms with Crippen LogP contribution in [0.5, 0.6) is 5.75 Å². The van der Waals surface area contributed by atoms with Crippen molar-refractivity contribution in [3.63, 3.8) is 0 Å². The summed E-state index contributed by atoms with van der Waals surface area (Å²) < 4.78 is 84.9. The molecule has 0 saturated heterocycles. The van der Waals surface area contributed by atoms with E-state index in [2.05, 4.69) is 15.7 Å². The number of rotatable bonds is 5. The van der Waals surface area contributed by atoms with Crippen LogP contribution in [0.3, 0.4) is 0 Å². The molecule has 9 nitrogen and oxygen atoms in total. The molecule has 38 heavy (non-hydrogen) atoms. The third kappa shape index (κ3) is 4.59. The zero-order valence-corrected chi connectivity index (χ0v) is 20.5. The van der Waals surface area contributed by atoms with Gasteiger partial charge in [0.2, 0.25) is 5.91 Å². The van der Waals surface area contributed by atoms with Gasteiger partial charge in [-0.2, -0.15) is 5.10 Å². The Hall–Kier alpha value is -3.94. The van der Waals surface area contributed by atoms with Gasteiger partial charge in [-0.05, 0) is 0 Å². The molecule has 5 rings (SSSR count). The lowest BCUT2D eigenvalue weighted by Gasteiger charge is -2.42. The number of sulfone groups is 1. The van der Waals surface area contributed by atoms with E-state index in [1.165, 1.54) is 16.8 Å². The van der Waals surface area contributed by atoms with Gasteiger partial charge in [-0.15, -0.1) is 0 Å². The van der Waals surface area contributed by atoms with E-state index in [9.17, 15) is 35.6 Å². The van der Waals surface area contributed by atoms with Crippen molar-refractivity contribution in [3.05, 3.63) is 64.9 Å². The lowest BCUT2D eigenvalue weighted by Crippen LogP contribution is -2.56. The fraction of sp³-hybridized carbons (Fsp3) is 0.292. The number of hydrogen-bond acceptors (Lipinski definition) is 6. The number of anilines is 1. The van der Waals surface area contributed by atoms with E-state index in [0.29, 0.717) is 6.07 Å². The number of carbonyl (C=O) groups excluding carboxylic acids is 2. The van der Waals surface area contributed by atoms with Crippen molar-refractivity contribution in [1.82, 2.24) is 15.1 Å². The molecular formula is C24H20F4N4O5S. The molecule has 1 aromatic heterocycles. The molecule has 1 atom stereocenters. The number of aromatic nitrogens is 2. The summed E-state index contributed by atoms with van der Waals surface area (Å²) >= 11 is 0. The number of alkyl halides is 2. The van der Waals surface area contributed by atoms with Crippen LogP contribution in [0.2, 0.25) is 0 Å². The zero-order valence-electron chi connectivity index (χ0n) is 19.7. The summed E-state index contributed by atoms with van der Waals surface area (Å²) in [6.45, 7) is -0.107. The minimum atomic E-state index is -3.73. The number of nitrogens with zero attached hydrogens (tertiary/aromatic N) is 2. The van der Waals surface area contributed by atoms with Gasteiger partial charge >= 0.3 is 0 Å². The van der Waals surface area contributed by atoms with Gasteiger partial charge in [-0.1, -0.05) is 24.3 Å². The Morgan fingerprint density at radius 3 is 2.61 bits per heavy atom. The molecule has 0 aliphatic carbocycles. The van der Waals surface area contributed by atoms with Gasteiger partial charge in [0.05, 0.1) is 24.3 Å². The van der Waals surface area contributed by atoms with Crippen molar-refractivity contribution in [3.8, 4) is 17.0 Å². The normalized spacial score (nSPS) is 18.5. The number of ether oxygens (including phenoxy) is 1. The van der Waals surface area contributed by atoms with E-state index in [1.54, 1.807) is 0 Å². The molecule has 3 heterocycles. The quantitative estimate of drug-likeness (QED) is 0.470. The molecule has 0 radical (unpaired) electrons. The molecule has 200 valence electrons. The fourth-order valence-corrected chi connectivity index (χ4v) is 5.32. The van der Waals surface area contributed by atoms with Crippen molar-refractivity contribution in [1.29, 1.82) is 0 Å². The average molecular weight is 553 g/mol. The Morgan fingerprint density at radius 1 is 1.24 bits per heavy atom. The summed E-state index contributed by atoms with van der Waals surface area (Å²) in [5, 5.41) is 9.59. The average Bonchev–Trinajstić information content (AvgIpc) is 3.15. The first-order valence-corrected chi connectivity index (χ1v) is 13.3. The molecule has 1 spiro atoms. The largest absolute Gasteiger partial charge is 0.493 e. The number of carbonyl (C=O) groups is 2. The van der Waals surface area contributed by atoms with Crippen LogP contribution in [-0.2, 0) is 26.7 Å². The summed E-state index contributed by atoms with van der Waals surface area (Å²) in [4.78, 5) is 26.0. The fourth-order valence-electron chi connectivity index (χ4n) is 4.77. The maximum absolute atomic E-state index is 15.0. The van der Waals surface area contributed by atoms with E-state index < -0.39 is 51.0 Å². The molecule has 0 saturated carbocycles. The second kappa shape index (κ2) is 9.11. The number of halogens is 4. The second-order valence-electron chi connectivity index (χ2n) is 9.17. The summed E-state index contributed by atoms with van der Waals surface area (Å²) in [6.07, 6.45) is -1.76. The molecular weight excluding hydrogens is 532 g/mol. The van der Waals surface area contributed by atoms with Crippen molar-refractivity contribution >= 4 is 27.3 Å². The lowest BCUT2D eigenvalue weighted by molar-refractivity contribution is -0.113. The Balaban J connectivity index is 1.63. The molecule has 2 aliphatic rings. The first-order valence-electron chi connectivity index (χ1n) is 11.3. The third-order valence-corrected chi connectivity index (χ3v) is 7.10. The molecule has 0 bridgehead atoms. The van der Waals surface area contributed by atoms with E-state index in [1.807, 2.05) is 0 Å². The zero-order chi connectivity index (χ0) is 27.4. The van der Waals surface area contributed by atoms with Crippen LogP contribution < -0.4 is 15.4 Å². The minimum Gasteiger partial charge on any atom is -0.493 e. The molecule has 2 aromatic carbocycles. The SMILES string of the molecule is CS(=O)(=O)CC(=O)Nc1c(-c2ccc(C(F)F)cc2)nn2c1C(=O)N[C@@]1(CCOc3cc(F)cc(F)c31)C2. The molecule has 2 amide bonds. The van der Waals surface area contributed by atoms with Crippen LogP contribution in [0, 0.1) is 11.6 Å². The second-order valence-corrected chi connectivity index (χ2v) is 11.3. The number of nitrogens with one attached hydrogen (secondary N) is 2. The van der Waals surface area contributed by atoms with E-state index in [4.69, 9.17) is 4.74 Å². The minimum absolute atomic E-state index is 0.0155. The monoisotopic (exact) mass is 552 g/mol. The summed E-state index contributed by atoms with van der Waals surface area (Å²) in [7, 11) is -3.73. The predicted octanol–water partition coefficient (Wildman–Crippen LogP) is 3.17. The van der Waals surface area contributed by atoms with Crippen molar-refractivity contribution in [2.24, 2.45) is 0 Å². The maximum Gasteiger partial charge on any atom is 0.272 e. The van der Waals surface area contributed by atoms with Gasteiger partial charge in [-0.25, -0.2) is 26.0 Å². The van der Waals surface area contributed by atoms with Crippen molar-refractivity contribution < 1.29 is 40.3 Å². The molecule has 3 aromatic rings. The van der Waals surface area contributed by atoms with E-state index in [0.717, 1.165) is 24.5 Å². The molecule has 0 unspecified atom stereocenters. The van der Waals surface area contributed by atoms with Crippen LogP contribution in [0.1, 0.15) is 34.5 Å². The van der Waals surface area contributed by atoms with Gasteiger partial charge in [0.25, 0.3) is 12.3 Å². The highest BCUT2D eigenvalue weighted by molar-refractivity contribution is 7.91. The predicted molar refractivity (Wildman–Crippen MR) is 127 cm³/mol. The Kier molecular flexibility index (Phi) is 6.16.